The number of benzene rings is 2. The number of hydrogen-bond donors (Lipinski definition) is 2. The summed E-state index contributed by atoms with van der Waals surface area (Å²) in [5.74, 6) is 1.16. The average Bonchev–Trinajstić information content (AvgIpc) is 3.73. The van der Waals surface area contributed by atoms with Crippen molar-refractivity contribution in [3.63, 3.8) is 0 Å². The maximum absolute atomic E-state index is 12.4. The maximum Gasteiger partial charge on any atom is 2.00 e. The van der Waals surface area contributed by atoms with Crippen LogP contribution < -0.4 is 9.44 Å². The minimum absolute atomic E-state index is 0. The summed E-state index contributed by atoms with van der Waals surface area (Å²) in [6.45, 7) is 3.95. The second-order valence-electron chi connectivity index (χ2n) is 9.50. The molecule has 0 amide bonds. The Hall–Kier alpha value is -1.88. The van der Waals surface area contributed by atoms with E-state index in [2.05, 4.69) is 9.44 Å². The van der Waals surface area contributed by atoms with Crippen LogP contribution in [0.3, 0.4) is 0 Å². The second kappa shape index (κ2) is 19.5. The number of ether oxygens (including phenoxy) is 2. The molecule has 0 spiro atoms. The largest absolute Gasteiger partial charge is 2.00 e. The third kappa shape index (κ3) is 12.6. The smallest absolute Gasteiger partial charge is 0.469 e. The minimum atomic E-state index is -1.38. The summed E-state index contributed by atoms with van der Waals surface area (Å²) >= 11 is 0. The zero-order valence-electron chi connectivity index (χ0n) is 24.4. The molecule has 0 saturated heterocycles. The molecular weight excluding hydrogens is 628 g/mol. The predicted molar refractivity (Wildman–Crippen MR) is 163 cm³/mol. The Kier molecular flexibility index (Phi) is 16.9. The van der Waals surface area contributed by atoms with E-state index < -0.39 is 22.0 Å². The Morgan fingerprint density at radius 3 is 1.21 bits per heavy atom. The SMILES string of the molecule is COC(=O)C[C@@H](N[S@@](=O)c1ccc(C)cc1)[C]1[CH][CH][CH][CH]1.COC(=O)C[C@@H](N[S@@](=O)c1ccc(C)cc1)[C]1[CH][CH][CH][CH]1.[Fe+2]. The molecule has 4 rings (SSSR count). The van der Waals surface area contributed by atoms with Crippen LogP contribution in [0.15, 0.2) is 58.3 Å². The van der Waals surface area contributed by atoms with Crippen molar-refractivity contribution in [2.45, 2.75) is 48.6 Å². The van der Waals surface area contributed by atoms with Gasteiger partial charge in [0.1, 0.15) is 22.0 Å². The molecule has 4 atom stereocenters. The van der Waals surface area contributed by atoms with E-state index in [1.807, 2.05) is 114 Å². The molecule has 2 aromatic carbocycles. The van der Waals surface area contributed by atoms with Gasteiger partial charge in [0, 0.05) is 23.9 Å². The molecule has 2 aliphatic carbocycles. The van der Waals surface area contributed by atoms with Crippen LogP contribution in [0.1, 0.15) is 24.0 Å². The molecule has 2 saturated carbocycles. The van der Waals surface area contributed by atoms with Gasteiger partial charge in [-0.25, -0.2) is 17.9 Å². The third-order valence-electron chi connectivity index (χ3n) is 6.35. The van der Waals surface area contributed by atoms with Gasteiger partial charge in [-0.05, 0) is 89.5 Å². The van der Waals surface area contributed by atoms with Crippen LogP contribution in [0.5, 0.6) is 0 Å². The second-order valence-corrected chi connectivity index (χ2v) is 12.0. The zero-order chi connectivity index (χ0) is 30.5. The summed E-state index contributed by atoms with van der Waals surface area (Å²) in [5.41, 5.74) is 2.22. The van der Waals surface area contributed by atoms with Crippen molar-refractivity contribution in [1.29, 1.82) is 0 Å². The Morgan fingerprint density at radius 2 is 0.930 bits per heavy atom. The van der Waals surface area contributed by atoms with Gasteiger partial charge in [-0.2, -0.15) is 0 Å². The molecule has 0 bridgehead atoms. The summed E-state index contributed by atoms with van der Waals surface area (Å²) < 4.78 is 40.1. The van der Waals surface area contributed by atoms with E-state index >= 15 is 0 Å². The first-order valence-electron chi connectivity index (χ1n) is 13.3. The average molecular weight is 665 g/mol. The molecule has 10 radical (unpaired) electrons. The van der Waals surface area contributed by atoms with Gasteiger partial charge in [-0.15, -0.1) is 0 Å². The Labute approximate surface area is 272 Å². The molecule has 2 aromatic rings. The van der Waals surface area contributed by atoms with Crippen molar-refractivity contribution >= 4 is 33.9 Å². The topological polar surface area (TPSA) is 111 Å². The van der Waals surface area contributed by atoms with Gasteiger partial charge in [0.2, 0.25) is 0 Å². The molecule has 11 heteroatoms. The normalized spacial score (nSPS) is 18.0. The first kappa shape index (κ1) is 37.3. The number of nitrogens with one attached hydrogen (secondary N) is 2. The Morgan fingerprint density at radius 1 is 0.628 bits per heavy atom. The summed E-state index contributed by atoms with van der Waals surface area (Å²) in [7, 11) is -0.0680. The molecule has 2 aliphatic rings. The maximum atomic E-state index is 12.4. The van der Waals surface area contributed by atoms with Crippen LogP contribution in [0.2, 0.25) is 0 Å². The van der Waals surface area contributed by atoms with Gasteiger partial charge in [0.25, 0.3) is 0 Å². The molecule has 2 N–H and O–H groups in total. The summed E-state index contributed by atoms with van der Waals surface area (Å²) in [6, 6.07) is 14.2. The van der Waals surface area contributed by atoms with Crippen LogP contribution in [0.25, 0.3) is 0 Å². The van der Waals surface area contributed by atoms with Gasteiger partial charge >= 0.3 is 29.0 Å². The molecule has 2 fully saturated rings. The van der Waals surface area contributed by atoms with E-state index in [1.165, 1.54) is 14.2 Å². The Balaban J connectivity index is 0.000000293. The van der Waals surface area contributed by atoms with E-state index in [0.29, 0.717) is 9.79 Å². The summed E-state index contributed by atoms with van der Waals surface area (Å²) in [4.78, 5) is 24.4. The van der Waals surface area contributed by atoms with E-state index in [9.17, 15) is 18.0 Å². The van der Waals surface area contributed by atoms with Crippen LogP contribution in [0, 0.1) is 77.0 Å². The van der Waals surface area contributed by atoms with Crippen LogP contribution in [0.4, 0.5) is 0 Å². The van der Waals surface area contributed by atoms with Crippen LogP contribution in [-0.4, -0.2) is 46.7 Å². The van der Waals surface area contributed by atoms with E-state index in [1.54, 1.807) is 0 Å². The summed E-state index contributed by atoms with van der Waals surface area (Å²) in [5, 5.41) is 0. The van der Waals surface area contributed by atoms with Crippen LogP contribution >= 0.6 is 0 Å². The van der Waals surface area contributed by atoms with Gasteiger partial charge in [0.05, 0.1) is 36.9 Å². The minimum Gasteiger partial charge on any atom is -0.469 e. The van der Waals surface area contributed by atoms with Gasteiger partial charge in [0.15, 0.2) is 0 Å². The number of carbonyl (C=O) groups excluding carboxylic acids is 2. The molecule has 0 aliphatic heterocycles. The number of rotatable bonds is 12. The molecule has 228 valence electrons. The van der Waals surface area contributed by atoms with Gasteiger partial charge in [-0.3, -0.25) is 9.59 Å². The van der Waals surface area contributed by atoms with Gasteiger partial charge < -0.3 is 9.47 Å². The fraction of sp³-hybridized carbons (Fsp3) is 0.250. The van der Waals surface area contributed by atoms with Crippen molar-refractivity contribution < 1.29 is 44.5 Å². The monoisotopic (exact) mass is 664 g/mol. The first-order chi connectivity index (χ1) is 20.2. The molecule has 0 heterocycles. The summed E-state index contributed by atoms with van der Waals surface area (Å²) in [6.07, 6.45) is 15.4. The molecule has 0 unspecified atom stereocenters. The van der Waals surface area contributed by atoms with Crippen molar-refractivity contribution in [2.24, 2.45) is 0 Å². The van der Waals surface area contributed by atoms with Crippen molar-refractivity contribution in [3.05, 3.63) is 123 Å². The number of esters is 2. The number of carbonyl (C=O) groups is 2. The van der Waals surface area contributed by atoms with Crippen molar-refractivity contribution in [2.75, 3.05) is 14.2 Å². The molecule has 43 heavy (non-hydrogen) atoms. The fourth-order valence-corrected chi connectivity index (χ4v) is 5.91. The molecule has 0 aromatic heterocycles. The van der Waals surface area contributed by atoms with E-state index in [0.717, 1.165) is 23.0 Å². The predicted octanol–water partition coefficient (Wildman–Crippen LogP) is 3.89. The van der Waals surface area contributed by atoms with E-state index in [-0.39, 0.29) is 53.9 Å². The van der Waals surface area contributed by atoms with E-state index in [4.69, 9.17) is 9.47 Å². The molecular formula is C32H36FeN2O6S2+2. The zero-order valence-corrected chi connectivity index (χ0v) is 27.2. The first-order valence-corrected chi connectivity index (χ1v) is 15.6. The third-order valence-corrected chi connectivity index (χ3v) is 8.75. The fourth-order valence-electron chi connectivity index (χ4n) is 3.92. The van der Waals surface area contributed by atoms with Gasteiger partial charge in [-0.1, -0.05) is 35.4 Å². The number of hydrogen-bond acceptors (Lipinski definition) is 6. The number of methoxy groups -OCH3 is 2. The quantitative estimate of drug-likeness (QED) is 0.263. The van der Waals surface area contributed by atoms with Crippen LogP contribution in [-0.2, 0) is 58.1 Å². The van der Waals surface area contributed by atoms with Crippen molar-refractivity contribution in [1.82, 2.24) is 9.44 Å². The van der Waals surface area contributed by atoms with Crippen molar-refractivity contribution in [3.8, 4) is 0 Å². The Bertz CT molecular complexity index is 1090. The standard InChI is InChI=1S/2C16H18NO3S.Fe/c2*1-12-7-9-14(10-8-12)21(19)17-15(11-16(18)20-2)13-5-3-4-6-13;/h2*3-10,15,17H,11H2,1-2H3;/q;;+2/t2*15-,21+;/m11./s1. The number of aryl methyl sites for hydroxylation is 2. The molecule has 8 nitrogen and oxygen atoms in total.